The summed E-state index contributed by atoms with van der Waals surface area (Å²) in [5, 5.41) is 19.8. The third-order valence-electron chi connectivity index (χ3n) is 4.92. The first-order valence-corrected chi connectivity index (χ1v) is 10.7. The molecule has 3 nitrogen and oxygen atoms in total. The summed E-state index contributed by atoms with van der Waals surface area (Å²) >= 11 is 0. The van der Waals surface area contributed by atoms with E-state index in [9.17, 15) is 10.2 Å². The van der Waals surface area contributed by atoms with Gasteiger partial charge in [-0.25, -0.2) is 0 Å². The molecule has 0 bridgehead atoms. The molecule has 1 aromatic rings. The van der Waals surface area contributed by atoms with Crippen molar-refractivity contribution in [2.75, 3.05) is 6.61 Å². The third-order valence-corrected chi connectivity index (χ3v) is 4.92. The molecule has 0 aliphatic carbocycles. The first kappa shape index (κ1) is 23.1. The predicted octanol–water partition coefficient (Wildman–Crippen LogP) is 5.63. The van der Waals surface area contributed by atoms with E-state index in [4.69, 9.17) is 4.74 Å². The SMILES string of the molecule is CCCC[C@H](O)CCCCCCCC[C@H](O)CCOCc1ccccc1. The van der Waals surface area contributed by atoms with Crippen LogP contribution in [0.15, 0.2) is 30.3 Å². The highest BCUT2D eigenvalue weighted by molar-refractivity contribution is 5.13. The Hall–Kier alpha value is -0.900. The van der Waals surface area contributed by atoms with E-state index in [0.717, 1.165) is 44.9 Å². The van der Waals surface area contributed by atoms with Crippen LogP contribution in [-0.4, -0.2) is 29.0 Å². The minimum absolute atomic E-state index is 0.0887. The summed E-state index contributed by atoms with van der Waals surface area (Å²) in [7, 11) is 0. The minimum Gasteiger partial charge on any atom is -0.393 e. The summed E-state index contributed by atoms with van der Waals surface area (Å²) in [4.78, 5) is 0. The van der Waals surface area contributed by atoms with Crippen molar-refractivity contribution >= 4 is 0 Å². The van der Waals surface area contributed by atoms with Crippen LogP contribution in [0.5, 0.6) is 0 Å². The van der Waals surface area contributed by atoms with Gasteiger partial charge in [0, 0.05) is 6.61 Å². The molecule has 3 heteroatoms. The Morgan fingerprint density at radius 3 is 1.88 bits per heavy atom. The fourth-order valence-electron chi connectivity index (χ4n) is 3.18. The van der Waals surface area contributed by atoms with Gasteiger partial charge in [0.05, 0.1) is 18.8 Å². The van der Waals surface area contributed by atoms with Crippen LogP contribution >= 0.6 is 0 Å². The molecule has 0 amide bonds. The van der Waals surface area contributed by atoms with Crippen LogP contribution in [-0.2, 0) is 11.3 Å². The second-order valence-electron chi connectivity index (χ2n) is 7.48. The van der Waals surface area contributed by atoms with E-state index in [2.05, 4.69) is 19.1 Å². The molecule has 0 aliphatic heterocycles. The standard InChI is InChI=1S/C23H40O3/c1-2-3-15-22(24)16-11-6-4-5-7-12-17-23(25)18-19-26-20-21-13-9-8-10-14-21/h8-10,13-14,22-25H,2-7,11-12,15-20H2,1H3/t22-,23-/m0/s1. The lowest BCUT2D eigenvalue weighted by Crippen LogP contribution is -2.10. The van der Waals surface area contributed by atoms with E-state index in [1.807, 2.05) is 18.2 Å². The lowest BCUT2D eigenvalue weighted by atomic mass is 10.0. The lowest BCUT2D eigenvalue weighted by Gasteiger charge is -2.11. The van der Waals surface area contributed by atoms with Crippen molar-refractivity contribution in [3.8, 4) is 0 Å². The summed E-state index contributed by atoms with van der Waals surface area (Å²) in [6, 6.07) is 10.2. The largest absolute Gasteiger partial charge is 0.393 e. The zero-order chi connectivity index (χ0) is 18.9. The highest BCUT2D eigenvalue weighted by atomic mass is 16.5. The molecule has 0 saturated carbocycles. The molecule has 0 aromatic heterocycles. The zero-order valence-electron chi connectivity index (χ0n) is 16.7. The number of ether oxygens (including phenoxy) is 1. The van der Waals surface area contributed by atoms with E-state index in [1.165, 1.54) is 37.7 Å². The van der Waals surface area contributed by atoms with E-state index in [1.54, 1.807) is 0 Å². The summed E-state index contributed by atoms with van der Waals surface area (Å²) in [5.74, 6) is 0. The number of benzene rings is 1. The Bertz CT molecular complexity index is 407. The van der Waals surface area contributed by atoms with Crippen LogP contribution in [0.25, 0.3) is 0 Å². The first-order chi connectivity index (χ1) is 12.7. The monoisotopic (exact) mass is 364 g/mol. The van der Waals surface area contributed by atoms with Crippen LogP contribution in [0.4, 0.5) is 0 Å². The second kappa shape index (κ2) is 16.3. The Labute approximate surface area is 160 Å². The predicted molar refractivity (Wildman–Crippen MR) is 109 cm³/mol. The molecular formula is C23H40O3. The van der Waals surface area contributed by atoms with Crippen LogP contribution in [0.3, 0.4) is 0 Å². The smallest absolute Gasteiger partial charge is 0.0716 e. The van der Waals surface area contributed by atoms with Gasteiger partial charge in [-0.3, -0.25) is 0 Å². The highest BCUT2D eigenvalue weighted by Crippen LogP contribution is 2.14. The molecule has 0 saturated heterocycles. The number of aliphatic hydroxyl groups excluding tert-OH is 2. The van der Waals surface area contributed by atoms with Crippen molar-refractivity contribution in [2.45, 2.75) is 103 Å². The molecule has 150 valence electrons. The molecule has 0 fully saturated rings. The molecule has 0 radical (unpaired) electrons. The number of unbranched alkanes of at least 4 members (excludes halogenated alkanes) is 6. The fraction of sp³-hybridized carbons (Fsp3) is 0.739. The van der Waals surface area contributed by atoms with Crippen molar-refractivity contribution in [3.05, 3.63) is 35.9 Å². The molecule has 1 rings (SSSR count). The van der Waals surface area contributed by atoms with Gasteiger partial charge in [0.2, 0.25) is 0 Å². The summed E-state index contributed by atoms with van der Waals surface area (Å²) in [6.07, 6.45) is 12.7. The molecule has 0 heterocycles. The van der Waals surface area contributed by atoms with Crippen LogP contribution in [0.1, 0.15) is 89.5 Å². The van der Waals surface area contributed by atoms with Crippen molar-refractivity contribution in [1.82, 2.24) is 0 Å². The highest BCUT2D eigenvalue weighted by Gasteiger charge is 2.05. The zero-order valence-corrected chi connectivity index (χ0v) is 16.7. The van der Waals surface area contributed by atoms with E-state index in [0.29, 0.717) is 13.2 Å². The average molecular weight is 365 g/mol. The Morgan fingerprint density at radius 2 is 1.27 bits per heavy atom. The topological polar surface area (TPSA) is 49.7 Å². The maximum Gasteiger partial charge on any atom is 0.0716 e. The normalized spacial score (nSPS) is 13.7. The number of hydrogen-bond acceptors (Lipinski definition) is 3. The van der Waals surface area contributed by atoms with Gasteiger partial charge in [0.15, 0.2) is 0 Å². The van der Waals surface area contributed by atoms with Crippen LogP contribution in [0, 0.1) is 0 Å². The maximum atomic E-state index is 10.0. The summed E-state index contributed by atoms with van der Waals surface area (Å²) < 4.78 is 5.63. The third kappa shape index (κ3) is 13.3. The van der Waals surface area contributed by atoms with Crippen molar-refractivity contribution in [2.24, 2.45) is 0 Å². The maximum absolute atomic E-state index is 10.0. The molecule has 1 aromatic carbocycles. The van der Waals surface area contributed by atoms with Gasteiger partial charge in [-0.1, -0.05) is 88.6 Å². The molecule has 26 heavy (non-hydrogen) atoms. The molecule has 2 N–H and O–H groups in total. The van der Waals surface area contributed by atoms with E-state index in [-0.39, 0.29) is 12.2 Å². The van der Waals surface area contributed by atoms with Crippen molar-refractivity contribution in [3.63, 3.8) is 0 Å². The van der Waals surface area contributed by atoms with Gasteiger partial charge in [0.25, 0.3) is 0 Å². The molecule has 0 aliphatic rings. The molecular weight excluding hydrogens is 324 g/mol. The second-order valence-corrected chi connectivity index (χ2v) is 7.48. The van der Waals surface area contributed by atoms with Gasteiger partial charge in [-0.2, -0.15) is 0 Å². The van der Waals surface area contributed by atoms with Crippen LogP contribution < -0.4 is 0 Å². The van der Waals surface area contributed by atoms with E-state index >= 15 is 0 Å². The summed E-state index contributed by atoms with van der Waals surface area (Å²) in [5.41, 5.74) is 1.18. The van der Waals surface area contributed by atoms with Gasteiger partial charge in [-0.05, 0) is 31.2 Å². The fourth-order valence-corrected chi connectivity index (χ4v) is 3.18. The lowest BCUT2D eigenvalue weighted by molar-refractivity contribution is 0.0689. The van der Waals surface area contributed by atoms with E-state index < -0.39 is 0 Å². The Kier molecular flexibility index (Phi) is 14.5. The van der Waals surface area contributed by atoms with Gasteiger partial charge in [0.1, 0.15) is 0 Å². The number of aliphatic hydroxyl groups is 2. The van der Waals surface area contributed by atoms with Gasteiger partial charge >= 0.3 is 0 Å². The molecule has 0 unspecified atom stereocenters. The molecule has 0 spiro atoms. The van der Waals surface area contributed by atoms with Gasteiger partial charge < -0.3 is 14.9 Å². The number of rotatable bonds is 17. The van der Waals surface area contributed by atoms with Crippen molar-refractivity contribution < 1.29 is 14.9 Å². The van der Waals surface area contributed by atoms with Crippen molar-refractivity contribution in [1.29, 1.82) is 0 Å². The van der Waals surface area contributed by atoms with Crippen LogP contribution in [0.2, 0.25) is 0 Å². The quantitative estimate of drug-likeness (QED) is 0.352. The average Bonchev–Trinajstić information content (AvgIpc) is 2.66. The molecule has 2 atom stereocenters. The number of hydrogen-bond donors (Lipinski definition) is 2. The Balaban J connectivity index is 1.84. The van der Waals surface area contributed by atoms with Gasteiger partial charge in [-0.15, -0.1) is 0 Å². The summed E-state index contributed by atoms with van der Waals surface area (Å²) in [6.45, 7) is 3.42. The first-order valence-electron chi connectivity index (χ1n) is 10.7. The minimum atomic E-state index is -0.237. The Morgan fingerprint density at radius 1 is 0.731 bits per heavy atom.